The zero-order valence-corrected chi connectivity index (χ0v) is 9.45. The highest BCUT2D eigenvalue weighted by atomic mass is 16.4. The maximum absolute atomic E-state index is 8.59. The number of oxime groups is 1. The average Bonchev–Trinajstić information content (AvgIpc) is 2.85. The fourth-order valence-electron chi connectivity index (χ4n) is 2.65. The molecule has 15 heavy (non-hydrogen) atoms. The van der Waals surface area contributed by atoms with Gasteiger partial charge in [0.1, 0.15) is 5.84 Å². The van der Waals surface area contributed by atoms with E-state index >= 15 is 0 Å². The van der Waals surface area contributed by atoms with Crippen LogP contribution in [0.25, 0.3) is 0 Å². The molecule has 1 saturated heterocycles. The molecular weight excluding hydrogens is 190 g/mol. The highest BCUT2D eigenvalue weighted by Gasteiger charge is 2.45. The highest BCUT2D eigenvalue weighted by Crippen LogP contribution is 2.50. The Morgan fingerprint density at radius 3 is 2.80 bits per heavy atom. The largest absolute Gasteiger partial charge is 0.409 e. The van der Waals surface area contributed by atoms with E-state index in [1.54, 1.807) is 0 Å². The summed E-state index contributed by atoms with van der Waals surface area (Å²) in [5.41, 5.74) is 5.92. The molecule has 0 aromatic rings. The quantitative estimate of drug-likeness (QED) is 0.320. The maximum Gasteiger partial charge on any atom is 0.139 e. The van der Waals surface area contributed by atoms with Crippen LogP contribution in [0.15, 0.2) is 5.16 Å². The zero-order chi connectivity index (χ0) is 10.9. The van der Waals surface area contributed by atoms with Gasteiger partial charge in [-0.15, -0.1) is 0 Å². The third-order valence-electron chi connectivity index (χ3n) is 3.87. The Bertz CT molecular complexity index is 261. The van der Waals surface area contributed by atoms with Gasteiger partial charge in [-0.2, -0.15) is 0 Å². The van der Waals surface area contributed by atoms with Gasteiger partial charge in [0.25, 0.3) is 0 Å². The molecule has 0 bridgehead atoms. The number of hydrogen-bond donors (Lipinski definition) is 2. The second-order valence-corrected chi connectivity index (χ2v) is 5.23. The van der Waals surface area contributed by atoms with Crippen LogP contribution in [-0.2, 0) is 0 Å². The van der Waals surface area contributed by atoms with Crippen molar-refractivity contribution in [2.45, 2.75) is 45.1 Å². The van der Waals surface area contributed by atoms with Crippen LogP contribution in [0.3, 0.4) is 0 Å². The Kier molecular flexibility index (Phi) is 2.87. The van der Waals surface area contributed by atoms with Gasteiger partial charge >= 0.3 is 0 Å². The van der Waals surface area contributed by atoms with E-state index < -0.39 is 0 Å². The van der Waals surface area contributed by atoms with Crippen molar-refractivity contribution < 1.29 is 5.21 Å². The molecule has 4 nitrogen and oxygen atoms in total. The van der Waals surface area contributed by atoms with Crippen LogP contribution in [0.4, 0.5) is 0 Å². The van der Waals surface area contributed by atoms with E-state index in [0.29, 0.717) is 11.3 Å². The molecule has 2 aliphatic rings. The second-order valence-electron chi connectivity index (χ2n) is 5.23. The minimum Gasteiger partial charge on any atom is -0.409 e. The van der Waals surface area contributed by atoms with Crippen LogP contribution in [0, 0.1) is 5.41 Å². The molecule has 1 aliphatic carbocycles. The molecule has 1 aliphatic heterocycles. The Morgan fingerprint density at radius 1 is 1.60 bits per heavy atom. The van der Waals surface area contributed by atoms with E-state index in [9.17, 15) is 0 Å². The molecule has 2 rings (SSSR count). The van der Waals surface area contributed by atoms with Crippen molar-refractivity contribution in [1.82, 2.24) is 4.90 Å². The predicted octanol–water partition coefficient (Wildman–Crippen LogP) is 1.39. The van der Waals surface area contributed by atoms with Crippen molar-refractivity contribution >= 4 is 5.84 Å². The van der Waals surface area contributed by atoms with Crippen molar-refractivity contribution in [2.75, 3.05) is 13.1 Å². The lowest BCUT2D eigenvalue weighted by Crippen LogP contribution is -2.34. The van der Waals surface area contributed by atoms with E-state index in [4.69, 9.17) is 10.9 Å². The summed E-state index contributed by atoms with van der Waals surface area (Å²) in [6, 6.07) is 0.717. The number of hydrogen-bond acceptors (Lipinski definition) is 3. The van der Waals surface area contributed by atoms with Gasteiger partial charge in [-0.25, -0.2) is 0 Å². The molecule has 0 radical (unpaired) electrons. The monoisotopic (exact) mass is 211 g/mol. The number of nitrogens with two attached hydrogens (primary N) is 1. The molecule has 4 heteroatoms. The van der Waals surface area contributed by atoms with Crippen LogP contribution < -0.4 is 5.73 Å². The molecular formula is C11H21N3O. The standard InChI is InChI=1S/C11H21N3O/c1-9-3-2-6-14(9)8-11(4-5-11)7-10(12)13-15/h9,15H,2-8H2,1H3,(H2,12,13). The van der Waals surface area contributed by atoms with Gasteiger partial charge < -0.3 is 15.8 Å². The fraction of sp³-hybridized carbons (Fsp3) is 0.909. The van der Waals surface area contributed by atoms with E-state index in [-0.39, 0.29) is 0 Å². The van der Waals surface area contributed by atoms with Gasteiger partial charge in [-0.05, 0) is 44.6 Å². The molecule has 2 fully saturated rings. The van der Waals surface area contributed by atoms with E-state index in [2.05, 4.69) is 17.0 Å². The van der Waals surface area contributed by atoms with Crippen molar-refractivity contribution in [3.63, 3.8) is 0 Å². The van der Waals surface area contributed by atoms with Crippen LogP contribution in [0.1, 0.15) is 39.0 Å². The summed E-state index contributed by atoms with van der Waals surface area (Å²) >= 11 is 0. The fourth-order valence-corrected chi connectivity index (χ4v) is 2.65. The predicted molar refractivity (Wildman–Crippen MR) is 60.0 cm³/mol. The third-order valence-corrected chi connectivity index (χ3v) is 3.87. The number of likely N-dealkylation sites (tertiary alicyclic amines) is 1. The Balaban J connectivity index is 1.88. The summed E-state index contributed by atoms with van der Waals surface area (Å²) in [5.74, 6) is 0.388. The number of nitrogens with zero attached hydrogens (tertiary/aromatic N) is 2. The smallest absolute Gasteiger partial charge is 0.139 e. The molecule has 0 spiro atoms. The van der Waals surface area contributed by atoms with E-state index in [1.807, 2.05) is 0 Å². The molecule has 1 unspecified atom stereocenters. The van der Waals surface area contributed by atoms with E-state index in [1.165, 1.54) is 32.2 Å². The summed E-state index contributed by atoms with van der Waals surface area (Å²) in [6.45, 7) is 4.65. The maximum atomic E-state index is 8.59. The lowest BCUT2D eigenvalue weighted by atomic mass is 10.0. The SMILES string of the molecule is CC1CCCN1CC1(CC(N)=NO)CC1. The molecule has 1 heterocycles. The molecule has 3 N–H and O–H groups in total. The first-order valence-electron chi connectivity index (χ1n) is 5.86. The number of rotatable bonds is 4. The first kappa shape index (κ1) is 10.7. The summed E-state index contributed by atoms with van der Waals surface area (Å²) in [4.78, 5) is 2.55. The minimum atomic E-state index is 0.328. The summed E-state index contributed by atoms with van der Waals surface area (Å²) in [5, 5.41) is 11.7. The van der Waals surface area contributed by atoms with Gasteiger partial charge in [-0.1, -0.05) is 5.16 Å². The van der Waals surface area contributed by atoms with Gasteiger partial charge in [-0.3, -0.25) is 0 Å². The Hall–Kier alpha value is -0.770. The lowest BCUT2D eigenvalue weighted by molar-refractivity contribution is 0.215. The first-order valence-corrected chi connectivity index (χ1v) is 5.86. The molecule has 0 aromatic carbocycles. The van der Waals surface area contributed by atoms with E-state index in [0.717, 1.165) is 19.0 Å². The highest BCUT2D eigenvalue weighted by molar-refractivity contribution is 5.80. The van der Waals surface area contributed by atoms with Crippen LogP contribution in [0.2, 0.25) is 0 Å². The lowest BCUT2D eigenvalue weighted by Gasteiger charge is -2.26. The normalized spacial score (nSPS) is 30.7. The van der Waals surface area contributed by atoms with Crippen LogP contribution in [-0.4, -0.2) is 35.1 Å². The average molecular weight is 211 g/mol. The molecule has 86 valence electrons. The van der Waals surface area contributed by atoms with Gasteiger partial charge in [0.05, 0.1) is 0 Å². The molecule has 1 atom stereocenters. The minimum absolute atomic E-state index is 0.328. The second kappa shape index (κ2) is 4.00. The summed E-state index contributed by atoms with van der Waals surface area (Å²) in [7, 11) is 0. The van der Waals surface area contributed by atoms with Gasteiger partial charge in [0.2, 0.25) is 0 Å². The van der Waals surface area contributed by atoms with Crippen molar-refractivity contribution in [3.05, 3.63) is 0 Å². The Morgan fingerprint density at radius 2 is 2.33 bits per heavy atom. The van der Waals surface area contributed by atoms with Gasteiger partial charge in [0, 0.05) is 19.0 Å². The number of amidine groups is 1. The third kappa shape index (κ3) is 2.43. The van der Waals surface area contributed by atoms with Crippen LogP contribution in [0.5, 0.6) is 0 Å². The van der Waals surface area contributed by atoms with Crippen molar-refractivity contribution in [2.24, 2.45) is 16.3 Å². The molecule has 0 aromatic heterocycles. The van der Waals surface area contributed by atoms with Crippen LogP contribution >= 0.6 is 0 Å². The van der Waals surface area contributed by atoms with Crippen molar-refractivity contribution in [3.8, 4) is 0 Å². The molecule has 1 saturated carbocycles. The molecule has 0 amide bonds. The zero-order valence-electron chi connectivity index (χ0n) is 9.45. The topological polar surface area (TPSA) is 61.8 Å². The summed E-state index contributed by atoms with van der Waals surface area (Å²) < 4.78 is 0. The van der Waals surface area contributed by atoms with Crippen molar-refractivity contribution in [1.29, 1.82) is 0 Å². The summed E-state index contributed by atoms with van der Waals surface area (Å²) in [6.07, 6.45) is 5.85. The Labute approximate surface area is 91.1 Å². The first-order chi connectivity index (χ1) is 7.15. The van der Waals surface area contributed by atoms with Gasteiger partial charge in [0.15, 0.2) is 0 Å².